The number of pyridine rings is 1. The number of nitrogens with one attached hydrogen (secondary N) is 1. The summed E-state index contributed by atoms with van der Waals surface area (Å²) in [6, 6.07) is 0.979. The second kappa shape index (κ2) is 4.63. The molecule has 1 aliphatic rings. The van der Waals surface area contributed by atoms with E-state index in [0.29, 0.717) is 12.5 Å². The lowest BCUT2D eigenvalue weighted by molar-refractivity contribution is 0.0930. The van der Waals surface area contributed by atoms with E-state index in [4.69, 9.17) is 0 Å². The molecule has 0 radical (unpaired) electrons. The Hall–Kier alpha value is -1.52. The first-order valence-electron chi connectivity index (χ1n) is 6.04. The minimum Gasteiger partial charge on any atom is -0.351 e. The summed E-state index contributed by atoms with van der Waals surface area (Å²) in [7, 11) is 0. The molecule has 1 saturated carbocycles. The van der Waals surface area contributed by atoms with Crippen LogP contribution in [-0.2, 0) is 0 Å². The molecule has 1 heterocycles. The molecule has 0 bridgehead atoms. The summed E-state index contributed by atoms with van der Waals surface area (Å²) >= 11 is 0. The number of carbonyl (C=O) groups is 1. The van der Waals surface area contributed by atoms with Crippen LogP contribution in [0.2, 0.25) is 0 Å². The van der Waals surface area contributed by atoms with Crippen molar-refractivity contribution in [2.24, 2.45) is 11.3 Å². The van der Waals surface area contributed by atoms with Crippen LogP contribution in [0, 0.1) is 23.1 Å². The Bertz CT molecular complexity index is 450. The summed E-state index contributed by atoms with van der Waals surface area (Å²) in [5.74, 6) is -2.23. The zero-order chi connectivity index (χ0) is 13.3. The summed E-state index contributed by atoms with van der Waals surface area (Å²) in [6.45, 7) is 4.63. The average Bonchev–Trinajstić information content (AvgIpc) is 3.07. The number of aromatic nitrogens is 1. The van der Waals surface area contributed by atoms with E-state index >= 15 is 0 Å². The largest absolute Gasteiger partial charge is 0.351 e. The summed E-state index contributed by atoms with van der Waals surface area (Å²) in [6.07, 6.45) is 3.09. The van der Waals surface area contributed by atoms with Crippen molar-refractivity contribution < 1.29 is 13.6 Å². The van der Waals surface area contributed by atoms with Crippen molar-refractivity contribution >= 4 is 5.91 Å². The van der Waals surface area contributed by atoms with Crippen molar-refractivity contribution in [1.29, 1.82) is 0 Å². The smallest absolute Gasteiger partial charge is 0.258 e. The van der Waals surface area contributed by atoms with Gasteiger partial charge in [0.15, 0.2) is 0 Å². The first kappa shape index (κ1) is 12.9. The Labute approximate surface area is 105 Å². The first-order valence-corrected chi connectivity index (χ1v) is 6.04. The standard InChI is InChI=1S/C13H16F2N2O/c1-8(2)13(4-5-13)7-17-12(18)10-9(14)3-6-16-11(10)15/h3,6,8H,4-5,7H2,1-2H3,(H,17,18). The van der Waals surface area contributed by atoms with E-state index in [1.165, 1.54) is 0 Å². The molecule has 0 spiro atoms. The average molecular weight is 254 g/mol. The van der Waals surface area contributed by atoms with Crippen LogP contribution in [0.3, 0.4) is 0 Å². The molecule has 1 amide bonds. The van der Waals surface area contributed by atoms with Gasteiger partial charge in [-0.2, -0.15) is 4.39 Å². The maximum Gasteiger partial charge on any atom is 0.258 e. The van der Waals surface area contributed by atoms with Gasteiger partial charge in [0, 0.05) is 12.7 Å². The van der Waals surface area contributed by atoms with Gasteiger partial charge in [0.2, 0.25) is 5.95 Å². The molecule has 18 heavy (non-hydrogen) atoms. The van der Waals surface area contributed by atoms with Crippen molar-refractivity contribution in [3.63, 3.8) is 0 Å². The molecular formula is C13H16F2N2O. The number of hydrogen-bond acceptors (Lipinski definition) is 2. The van der Waals surface area contributed by atoms with E-state index in [9.17, 15) is 13.6 Å². The van der Waals surface area contributed by atoms with Gasteiger partial charge in [0.05, 0.1) is 0 Å². The lowest BCUT2D eigenvalue weighted by Gasteiger charge is -2.20. The van der Waals surface area contributed by atoms with Gasteiger partial charge in [-0.3, -0.25) is 4.79 Å². The topological polar surface area (TPSA) is 42.0 Å². The van der Waals surface area contributed by atoms with Crippen molar-refractivity contribution in [1.82, 2.24) is 10.3 Å². The van der Waals surface area contributed by atoms with E-state index in [0.717, 1.165) is 25.1 Å². The normalized spacial score (nSPS) is 16.7. The molecule has 3 nitrogen and oxygen atoms in total. The number of hydrogen-bond donors (Lipinski definition) is 1. The maximum atomic E-state index is 13.4. The lowest BCUT2D eigenvalue weighted by atomic mass is 9.92. The minimum atomic E-state index is -1.07. The van der Waals surface area contributed by atoms with E-state index in [1.807, 2.05) is 0 Å². The summed E-state index contributed by atoms with van der Waals surface area (Å²) in [4.78, 5) is 15.0. The molecule has 5 heteroatoms. The molecule has 1 fully saturated rings. The van der Waals surface area contributed by atoms with Crippen LogP contribution in [0.15, 0.2) is 12.3 Å². The van der Waals surface area contributed by atoms with Crippen LogP contribution in [0.5, 0.6) is 0 Å². The van der Waals surface area contributed by atoms with Gasteiger partial charge in [0.25, 0.3) is 5.91 Å². The monoisotopic (exact) mass is 254 g/mol. The summed E-state index contributed by atoms with van der Waals surface area (Å²) in [5, 5.41) is 2.61. The third kappa shape index (κ3) is 2.35. The van der Waals surface area contributed by atoms with Gasteiger partial charge in [-0.15, -0.1) is 0 Å². The predicted molar refractivity (Wildman–Crippen MR) is 63.0 cm³/mol. The predicted octanol–water partition coefficient (Wildman–Crippen LogP) is 2.53. The number of carbonyl (C=O) groups excluding carboxylic acids is 1. The van der Waals surface area contributed by atoms with Gasteiger partial charge in [-0.25, -0.2) is 9.37 Å². The van der Waals surface area contributed by atoms with E-state index < -0.39 is 23.2 Å². The Kier molecular flexibility index (Phi) is 3.32. The zero-order valence-corrected chi connectivity index (χ0v) is 10.5. The van der Waals surface area contributed by atoms with E-state index in [2.05, 4.69) is 24.1 Å². The molecule has 0 saturated heterocycles. The third-order valence-electron chi connectivity index (χ3n) is 3.80. The van der Waals surface area contributed by atoms with Gasteiger partial charge < -0.3 is 5.32 Å². The second-order valence-electron chi connectivity index (χ2n) is 5.16. The number of nitrogens with zero attached hydrogens (tertiary/aromatic N) is 1. The molecule has 0 atom stereocenters. The van der Waals surface area contributed by atoms with Gasteiger partial charge >= 0.3 is 0 Å². The second-order valence-corrected chi connectivity index (χ2v) is 5.16. The molecule has 1 N–H and O–H groups in total. The van der Waals surface area contributed by atoms with Gasteiger partial charge in [-0.1, -0.05) is 13.8 Å². The highest BCUT2D eigenvalue weighted by atomic mass is 19.1. The quantitative estimate of drug-likeness (QED) is 0.839. The van der Waals surface area contributed by atoms with Crippen molar-refractivity contribution in [2.75, 3.05) is 6.54 Å². The Balaban J connectivity index is 2.05. The highest BCUT2D eigenvalue weighted by Gasteiger charge is 2.45. The molecule has 2 rings (SSSR count). The van der Waals surface area contributed by atoms with E-state index in [-0.39, 0.29) is 5.41 Å². The Morgan fingerprint density at radius 1 is 1.50 bits per heavy atom. The van der Waals surface area contributed by atoms with E-state index in [1.54, 1.807) is 0 Å². The molecular weight excluding hydrogens is 238 g/mol. The van der Waals surface area contributed by atoms with Crippen LogP contribution in [0.25, 0.3) is 0 Å². The van der Waals surface area contributed by atoms with Crippen LogP contribution >= 0.6 is 0 Å². The highest BCUT2D eigenvalue weighted by molar-refractivity contribution is 5.94. The first-order chi connectivity index (χ1) is 8.46. The third-order valence-corrected chi connectivity index (χ3v) is 3.80. The molecule has 0 aliphatic heterocycles. The Morgan fingerprint density at radius 2 is 2.17 bits per heavy atom. The molecule has 0 aromatic carbocycles. The van der Waals surface area contributed by atoms with Crippen LogP contribution in [-0.4, -0.2) is 17.4 Å². The highest BCUT2D eigenvalue weighted by Crippen LogP contribution is 2.51. The van der Waals surface area contributed by atoms with Crippen LogP contribution < -0.4 is 5.32 Å². The fourth-order valence-corrected chi connectivity index (χ4v) is 2.08. The zero-order valence-electron chi connectivity index (χ0n) is 10.5. The number of rotatable bonds is 4. The molecule has 1 aromatic rings. The molecule has 1 aliphatic carbocycles. The van der Waals surface area contributed by atoms with Crippen molar-refractivity contribution in [2.45, 2.75) is 26.7 Å². The van der Waals surface area contributed by atoms with Crippen molar-refractivity contribution in [3.05, 3.63) is 29.6 Å². The van der Waals surface area contributed by atoms with Gasteiger partial charge in [0.1, 0.15) is 11.4 Å². The lowest BCUT2D eigenvalue weighted by Crippen LogP contribution is -2.33. The molecule has 1 aromatic heterocycles. The van der Waals surface area contributed by atoms with Crippen LogP contribution in [0.1, 0.15) is 37.0 Å². The fraction of sp³-hybridized carbons (Fsp3) is 0.538. The Morgan fingerprint density at radius 3 is 2.67 bits per heavy atom. The minimum absolute atomic E-state index is 0.102. The molecule has 0 unspecified atom stereocenters. The number of halogens is 2. The van der Waals surface area contributed by atoms with Crippen molar-refractivity contribution in [3.8, 4) is 0 Å². The summed E-state index contributed by atoms with van der Waals surface area (Å²) in [5.41, 5.74) is -0.498. The SMILES string of the molecule is CC(C)C1(CNC(=O)c2c(F)ccnc2F)CC1. The maximum absolute atomic E-state index is 13.4. The van der Waals surface area contributed by atoms with Gasteiger partial charge in [-0.05, 0) is 30.2 Å². The van der Waals surface area contributed by atoms with Crippen LogP contribution in [0.4, 0.5) is 8.78 Å². The summed E-state index contributed by atoms with van der Waals surface area (Å²) < 4.78 is 26.6. The fourth-order valence-electron chi connectivity index (χ4n) is 2.08. The number of amides is 1. The molecule has 98 valence electrons.